The summed E-state index contributed by atoms with van der Waals surface area (Å²) in [6.45, 7) is 4.48. The molecule has 0 aliphatic heterocycles. The maximum Gasteiger partial charge on any atom is 0.354 e. The van der Waals surface area contributed by atoms with Crippen LogP contribution in [0.1, 0.15) is 23.0 Å². The molecule has 0 saturated carbocycles. The van der Waals surface area contributed by atoms with Crippen molar-refractivity contribution in [1.29, 1.82) is 0 Å². The Kier molecular flexibility index (Phi) is 6.96. The number of sulfonamides is 1. The maximum atomic E-state index is 12.4. The summed E-state index contributed by atoms with van der Waals surface area (Å²) in [4.78, 5) is 13.8. The van der Waals surface area contributed by atoms with Gasteiger partial charge in [0.15, 0.2) is 0 Å². The second-order valence-electron chi connectivity index (χ2n) is 5.92. The van der Waals surface area contributed by atoms with Crippen molar-refractivity contribution < 1.29 is 17.9 Å². The number of rotatable bonds is 9. The molecule has 7 nitrogen and oxygen atoms in total. The van der Waals surface area contributed by atoms with Crippen LogP contribution in [0.25, 0.3) is 0 Å². The predicted octanol–water partition coefficient (Wildman–Crippen LogP) is 1.61. The highest BCUT2D eigenvalue weighted by Crippen LogP contribution is 2.14. The van der Waals surface area contributed by atoms with Gasteiger partial charge in [0, 0.05) is 32.9 Å². The van der Waals surface area contributed by atoms with Crippen LogP contribution >= 0.6 is 0 Å². The van der Waals surface area contributed by atoms with E-state index in [1.807, 2.05) is 37.3 Å². The number of carbonyl (C=O) groups is 1. The minimum absolute atomic E-state index is 0.0477. The Bertz CT molecular complexity index is 831. The summed E-state index contributed by atoms with van der Waals surface area (Å²) in [5.41, 5.74) is 1.37. The predicted molar refractivity (Wildman–Crippen MR) is 99.3 cm³/mol. The number of esters is 1. The lowest BCUT2D eigenvalue weighted by Crippen LogP contribution is -2.34. The molecule has 1 N–H and O–H groups in total. The number of nitrogens with zero attached hydrogens (tertiary/aromatic N) is 2. The Morgan fingerprint density at radius 1 is 1.27 bits per heavy atom. The maximum absolute atomic E-state index is 12.4. The second kappa shape index (κ2) is 8.98. The molecule has 1 heterocycles. The number of aryl methyl sites for hydroxylation is 1. The van der Waals surface area contributed by atoms with E-state index in [2.05, 4.69) is 14.4 Å². The Morgan fingerprint density at radius 3 is 2.58 bits per heavy atom. The molecule has 2 rings (SSSR count). The molecular formula is C18H25N3O4S. The van der Waals surface area contributed by atoms with E-state index < -0.39 is 16.0 Å². The van der Waals surface area contributed by atoms with Crippen LogP contribution in [-0.4, -0.2) is 50.6 Å². The number of aromatic nitrogens is 1. The van der Waals surface area contributed by atoms with E-state index in [-0.39, 0.29) is 17.1 Å². The topological polar surface area (TPSA) is 80.6 Å². The van der Waals surface area contributed by atoms with Gasteiger partial charge in [0.05, 0.1) is 7.11 Å². The Labute approximate surface area is 154 Å². The SMILES string of the molecule is CCN(CCNS(=O)(=O)c1cc(C(=O)OC)n(C)c1)Cc1ccccc1. The molecule has 0 saturated heterocycles. The van der Waals surface area contributed by atoms with Crippen LogP contribution in [0.4, 0.5) is 0 Å². The van der Waals surface area contributed by atoms with Crippen molar-refractivity contribution in [1.82, 2.24) is 14.2 Å². The molecular weight excluding hydrogens is 354 g/mol. The minimum Gasteiger partial charge on any atom is -0.464 e. The molecule has 0 atom stereocenters. The van der Waals surface area contributed by atoms with Crippen LogP contribution in [0.5, 0.6) is 0 Å². The summed E-state index contributed by atoms with van der Waals surface area (Å²) in [5, 5.41) is 0. The lowest BCUT2D eigenvalue weighted by atomic mass is 10.2. The zero-order valence-corrected chi connectivity index (χ0v) is 16.1. The smallest absolute Gasteiger partial charge is 0.354 e. The van der Waals surface area contributed by atoms with Gasteiger partial charge in [-0.25, -0.2) is 17.9 Å². The molecule has 0 amide bonds. The molecule has 1 aromatic heterocycles. The van der Waals surface area contributed by atoms with Crippen molar-refractivity contribution in [3.8, 4) is 0 Å². The van der Waals surface area contributed by atoms with Gasteiger partial charge in [-0.1, -0.05) is 37.3 Å². The second-order valence-corrected chi connectivity index (χ2v) is 7.68. The van der Waals surface area contributed by atoms with Gasteiger partial charge in [-0.15, -0.1) is 0 Å². The van der Waals surface area contributed by atoms with E-state index in [0.717, 1.165) is 13.1 Å². The van der Waals surface area contributed by atoms with E-state index in [4.69, 9.17) is 0 Å². The Hall–Kier alpha value is -2.16. The standard InChI is InChI=1S/C18H25N3O4S/c1-4-21(13-15-8-6-5-7-9-15)11-10-19-26(23,24)16-12-17(18(22)25-3)20(2)14-16/h5-9,12,14,19H,4,10-11,13H2,1-3H3. The quantitative estimate of drug-likeness (QED) is 0.670. The number of hydrogen-bond acceptors (Lipinski definition) is 5. The monoisotopic (exact) mass is 379 g/mol. The molecule has 0 aliphatic rings. The van der Waals surface area contributed by atoms with Gasteiger partial charge >= 0.3 is 5.97 Å². The normalized spacial score (nSPS) is 11.7. The van der Waals surface area contributed by atoms with Crippen molar-refractivity contribution in [3.63, 3.8) is 0 Å². The molecule has 0 fully saturated rings. The lowest BCUT2D eigenvalue weighted by Gasteiger charge is -2.20. The fraction of sp³-hybridized carbons (Fsp3) is 0.389. The average molecular weight is 379 g/mol. The molecule has 0 unspecified atom stereocenters. The molecule has 0 spiro atoms. The van der Waals surface area contributed by atoms with Crippen molar-refractivity contribution in [3.05, 3.63) is 53.9 Å². The average Bonchev–Trinajstić information content (AvgIpc) is 3.03. The molecule has 8 heteroatoms. The number of carbonyl (C=O) groups excluding carboxylic acids is 1. The highest BCUT2D eigenvalue weighted by Gasteiger charge is 2.20. The molecule has 142 valence electrons. The first-order chi connectivity index (χ1) is 12.4. The van der Waals surface area contributed by atoms with Crippen LogP contribution in [0, 0.1) is 0 Å². The number of likely N-dealkylation sites (N-methyl/N-ethyl adjacent to an activating group) is 1. The van der Waals surface area contributed by atoms with Crippen LogP contribution in [-0.2, 0) is 28.4 Å². The van der Waals surface area contributed by atoms with Gasteiger partial charge in [-0.2, -0.15) is 0 Å². The van der Waals surface area contributed by atoms with Gasteiger partial charge in [-0.3, -0.25) is 4.90 Å². The largest absolute Gasteiger partial charge is 0.464 e. The van der Waals surface area contributed by atoms with Gasteiger partial charge in [0.2, 0.25) is 10.0 Å². The molecule has 2 aromatic rings. The zero-order valence-electron chi connectivity index (χ0n) is 15.3. The van der Waals surface area contributed by atoms with Crippen molar-refractivity contribution in [2.75, 3.05) is 26.7 Å². The van der Waals surface area contributed by atoms with Crippen LogP contribution in [0.2, 0.25) is 0 Å². The summed E-state index contributed by atoms with van der Waals surface area (Å²) >= 11 is 0. The summed E-state index contributed by atoms with van der Waals surface area (Å²) in [5.74, 6) is -0.575. The summed E-state index contributed by atoms with van der Waals surface area (Å²) in [6.07, 6.45) is 1.40. The summed E-state index contributed by atoms with van der Waals surface area (Å²) < 4.78 is 33.6. The van der Waals surface area contributed by atoms with Crippen LogP contribution in [0.15, 0.2) is 47.5 Å². The van der Waals surface area contributed by atoms with E-state index in [1.165, 1.54) is 29.5 Å². The van der Waals surface area contributed by atoms with Gasteiger partial charge in [0.25, 0.3) is 0 Å². The first kappa shape index (κ1) is 20.2. The van der Waals surface area contributed by atoms with E-state index in [9.17, 15) is 13.2 Å². The number of nitrogens with one attached hydrogen (secondary N) is 1. The number of ether oxygens (including phenoxy) is 1. The van der Waals surface area contributed by atoms with E-state index in [1.54, 1.807) is 7.05 Å². The highest BCUT2D eigenvalue weighted by atomic mass is 32.2. The third-order valence-corrected chi connectivity index (χ3v) is 5.53. The van der Waals surface area contributed by atoms with Gasteiger partial charge in [-0.05, 0) is 18.2 Å². The first-order valence-electron chi connectivity index (χ1n) is 8.38. The third-order valence-electron chi connectivity index (χ3n) is 4.10. The number of benzene rings is 1. The van der Waals surface area contributed by atoms with Crippen molar-refractivity contribution >= 4 is 16.0 Å². The fourth-order valence-corrected chi connectivity index (χ4v) is 3.69. The summed E-state index contributed by atoms with van der Waals surface area (Å²) in [7, 11) is -0.827. The molecule has 1 aromatic carbocycles. The lowest BCUT2D eigenvalue weighted by molar-refractivity contribution is 0.0590. The molecule has 0 bridgehead atoms. The van der Waals surface area contributed by atoms with Crippen LogP contribution in [0.3, 0.4) is 0 Å². The third kappa shape index (κ3) is 5.17. The fourth-order valence-electron chi connectivity index (χ4n) is 2.60. The zero-order chi connectivity index (χ0) is 19.2. The number of hydrogen-bond donors (Lipinski definition) is 1. The molecule has 0 aliphatic carbocycles. The summed E-state index contributed by atoms with van der Waals surface area (Å²) in [6, 6.07) is 11.3. The van der Waals surface area contributed by atoms with Gasteiger partial charge < -0.3 is 9.30 Å². The van der Waals surface area contributed by atoms with Crippen LogP contribution < -0.4 is 4.72 Å². The Morgan fingerprint density at radius 2 is 1.96 bits per heavy atom. The van der Waals surface area contributed by atoms with E-state index in [0.29, 0.717) is 6.54 Å². The van der Waals surface area contributed by atoms with Crippen molar-refractivity contribution in [2.45, 2.75) is 18.4 Å². The molecule has 26 heavy (non-hydrogen) atoms. The van der Waals surface area contributed by atoms with Gasteiger partial charge in [0.1, 0.15) is 10.6 Å². The minimum atomic E-state index is -3.69. The highest BCUT2D eigenvalue weighted by molar-refractivity contribution is 7.89. The Balaban J connectivity index is 1.96. The van der Waals surface area contributed by atoms with E-state index >= 15 is 0 Å². The number of methoxy groups -OCH3 is 1. The molecule has 0 radical (unpaired) electrons. The van der Waals surface area contributed by atoms with Crippen molar-refractivity contribution in [2.24, 2.45) is 7.05 Å². The first-order valence-corrected chi connectivity index (χ1v) is 9.86.